The molecule has 0 aromatic rings. The summed E-state index contributed by atoms with van der Waals surface area (Å²) in [6.45, 7) is 12.5. The van der Waals surface area contributed by atoms with Crippen LogP contribution in [0.1, 0.15) is 33.6 Å². The Morgan fingerprint density at radius 1 is 1.40 bits per heavy atom. The molecule has 2 aliphatic rings. The summed E-state index contributed by atoms with van der Waals surface area (Å²) in [6.07, 6.45) is 1.15. The first-order chi connectivity index (χ1) is 9.13. The zero-order valence-corrected chi connectivity index (χ0v) is 14.3. The van der Waals surface area contributed by atoms with Crippen molar-refractivity contribution in [2.24, 2.45) is 0 Å². The second-order valence-corrected chi connectivity index (χ2v) is 12.4. The van der Waals surface area contributed by atoms with Gasteiger partial charge in [-0.1, -0.05) is 20.8 Å². The van der Waals surface area contributed by atoms with E-state index in [0.717, 1.165) is 19.4 Å². The molecule has 0 saturated carbocycles. The Balaban J connectivity index is 1.99. The maximum Gasteiger partial charge on any atom is 0.407 e. The van der Waals surface area contributed by atoms with Crippen LogP contribution in [0.2, 0.25) is 18.1 Å². The largest absolute Gasteiger partial charge is 0.465 e. The fourth-order valence-electron chi connectivity index (χ4n) is 2.91. The lowest BCUT2D eigenvalue weighted by atomic mass is 10.1. The van der Waals surface area contributed by atoms with E-state index in [1.165, 1.54) is 0 Å². The van der Waals surface area contributed by atoms with Gasteiger partial charge in [0.25, 0.3) is 0 Å². The topological polar surface area (TPSA) is 61.8 Å². The summed E-state index contributed by atoms with van der Waals surface area (Å²) in [5.41, 5.74) is 0. The smallest absolute Gasteiger partial charge is 0.407 e. The first kappa shape index (κ1) is 15.8. The number of carbonyl (C=O) groups is 1. The van der Waals surface area contributed by atoms with E-state index >= 15 is 0 Å². The van der Waals surface area contributed by atoms with E-state index in [9.17, 15) is 9.90 Å². The molecule has 1 amide bonds. The molecule has 2 aliphatic heterocycles. The van der Waals surface area contributed by atoms with Crippen LogP contribution in [-0.2, 0) is 4.43 Å². The number of rotatable bonds is 3. The van der Waals surface area contributed by atoms with Gasteiger partial charge >= 0.3 is 6.09 Å². The van der Waals surface area contributed by atoms with Gasteiger partial charge < -0.3 is 14.8 Å². The summed E-state index contributed by atoms with van der Waals surface area (Å²) in [5.74, 6) is 0. The summed E-state index contributed by atoms with van der Waals surface area (Å²) in [4.78, 5) is 13.0. The van der Waals surface area contributed by atoms with Crippen LogP contribution in [-0.4, -0.2) is 55.7 Å². The zero-order valence-electron chi connectivity index (χ0n) is 13.3. The minimum Gasteiger partial charge on any atom is -0.465 e. The fourth-order valence-corrected chi connectivity index (χ4v) is 3.94. The van der Waals surface area contributed by atoms with Crippen LogP contribution in [0, 0.1) is 0 Å². The third-order valence-electron chi connectivity index (χ3n) is 5.28. The normalized spacial score (nSPS) is 30.6. The van der Waals surface area contributed by atoms with Crippen LogP contribution >= 0.6 is 0 Å². The van der Waals surface area contributed by atoms with Crippen molar-refractivity contribution in [1.29, 1.82) is 0 Å². The average molecular weight is 300 g/mol. The van der Waals surface area contributed by atoms with Gasteiger partial charge in [-0.15, -0.1) is 0 Å². The van der Waals surface area contributed by atoms with Crippen LogP contribution in [0.3, 0.4) is 0 Å². The van der Waals surface area contributed by atoms with Gasteiger partial charge in [0.05, 0.1) is 12.6 Å². The molecule has 2 fully saturated rings. The van der Waals surface area contributed by atoms with Gasteiger partial charge in [0.1, 0.15) is 0 Å². The number of fused-ring (bicyclic) bond motifs is 2. The van der Waals surface area contributed by atoms with Crippen molar-refractivity contribution in [1.82, 2.24) is 10.2 Å². The van der Waals surface area contributed by atoms with Gasteiger partial charge in [0.15, 0.2) is 8.32 Å². The number of hydrogen-bond acceptors (Lipinski definition) is 3. The summed E-state index contributed by atoms with van der Waals surface area (Å²) >= 11 is 0. The van der Waals surface area contributed by atoms with Gasteiger partial charge in [-0.25, -0.2) is 4.79 Å². The van der Waals surface area contributed by atoms with Crippen molar-refractivity contribution in [3.05, 3.63) is 0 Å². The summed E-state index contributed by atoms with van der Waals surface area (Å²) in [7, 11) is -1.77. The van der Waals surface area contributed by atoms with Crippen LogP contribution < -0.4 is 5.32 Å². The molecule has 2 saturated heterocycles. The summed E-state index contributed by atoms with van der Waals surface area (Å²) < 4.78 is 6.27. The number of hydrogen-bond donors (Lipinski definition) is 2. The molecular weight excluding hydrogens is 272 g/mol. The second-order valence-electron chi connectivity index (χ2n) is 7.57. The zero-order chi connectivity index (χ0) is 15.1. The van der Waals surface area contributed by atoms with E-state index in [2.05, 4.69) is 39.2 Å². The Morgan fingerprint density at radius 2 is 2.05 bits per heavy atom. The molecule has 0 aromatic heterocycles. The van der Waals surface area contributed by atoms with E-state index in [1.54, 1.807) is 4.90 Å². The molecule has 2 heterocycles. The van der Waals surface area contributed by atoms with Crippen molar-refractivity contribution in [3.63, 3.8) is 0 Å². The van der Waals surface area contributed by atoms with Gasteiger partial charge in [-0.2, -0.15) is 0 Å². The maximum absolute atomic E-state index is 11.4. The Morgan fingerprint density at radius 3 is 2.60 bits per heavy atom. The van der Waals surface area contributed by atoms with Crippen LogP contribution in [0.15, 0.2) is 0 Å². The molecule has 0 aromatic carbocycles. The number of nitrogens with zero attached hydrogens (tertiary/aromatic N) is 1. The molecule has 3 atom stereocenters. The van der Waals surface area contributed by atoms with Crippen molar-refractivity contribution in [2.45, 2.75) is 69.9 Å². The molecular formula is C14H28N2O3Si. The third-order valence-corrected chi connectivity index (χ3v) is 9.78. The Hall–Kier alpha value is -0.593. The predicted octanol–water partition coefficient (Wildman–Crippen LogP) is 2.49. The lowest BCUT2D eigenvalue weighted by Gasteiger charge is -2.42. The SMILES string of the molecule is CC(C)(C)[Si](C)(C)OC[C@@H]1NC[C@@H]2CC[C@H]1N2C(=O)O. The van der Waals surface area contributed by atoms with Crippen LogP contribution in [0.5, 0.6) is 0 Å². The summed E-state index contributed by atoms with van der Waals surface area (Å²) in [5, 5.41) is 13.0. The molecule has 5 nitrogen and oxygen atoms in total. The van der Waals surface area contributed by atoms with Crippen molar-refractivity contribution < 1.29 is 14.3 Å². The highest BCUT2D eigenvalue weighted by molar-refractivity contribution is 6.74. The van der Waals surface area contributed by atoms with E-state index in [1.807, 2.05) is 0 Å². The first-order valence-corrected chi connectivity index (χ1v) is 10.4. The Kier molecular flexibility index (Phi) is 4.19. The van der Waals surface area contributed by atoms with Gasteiger partial charge in [0.2, 0.25) is 0 Å². The predicted molar refractivity (Wildman–Crippen MR) is 81.6 cm³/mol. The molecule has 0 unspecified atom stereocenters. The number of carboxylic acid groups (broad SMARTS) is 1. The molecule has 0 aliphatic carbocycles. The Labute approximate surface area is 122 Å². The van der Waals surface area contributed by atoms with E-state index in [4.69, 9.17) is 4.43 Å². The highest BCUT2D eigenvalue weighted by Gasteiger charge is 2.46. The van der Waals surface area contributed by atoms with Gasteiger partial charge in [0, 0.05) is 18.6 Å². The van der Waals surface area contributed by atoms with Gasteiger partial charge in [-0.05, 0) is 31.0 Å². The summed E-state index contributed by atoms with van der Waals surface area (Å²) in [6, 6.07) is 0.372. The number of piperazine rings is 1. The highest BCUT2D eigenvalue weighted by atomic mass is 28.4. The standard InChI is InChI=1S/C14H28N2O3Si/c1-14(2,3)20(4,5)19-9-11-12-7-6-10(8-15-11)16(12)13(17)18/h10-12,15H,6-9H2,1-5H3,(H,17,18)/t10-,11-,12+/m0/s1. The van der Waals surface area contributed by atoms with Crippen molar-refractivity contribution in [2.75, 3.05) is 13.2 Å². The highest BCUT2D eigenvalue weighted by Crippen LogP contribution is 2.37. The minimum absolute atomic E-state index is 0.0796. The first-order valence-electron chi connectivity index (χ1n) is 7.52. The molecule has 0 spiro atoms. The monoisotopic (exact) mass is 300 g/mol. The molecule has 0 radical (unpaired) electrons. The molecule has 2 bridgehead atoms. The third kappa shape index (κ3) is 2.87. The minimum atomic E-state index is -1.77. The van der Waals surface area contributed by atoms with Crippen molar-refractivity contribution >= 4 is 14.4 Å². The molecule has 20 heavy (non-hydrogen) atoms. The van der Waals surface area contributed by atoms with Crippen LogP contribution in [0.4, 0.5) is 4.79 Å². The molecule has 2 N–H and O–H groups in total. The van der Waals surface area contributed by atoms with Gasteiger partial charge in [-0.3, -0.25) is 4.90 Å². The van der Waals surface area contributed by atoms with E-state index < -0.39 is 14.4 Å². The van der Waals surface area contributed by atoms with Crippen LogP contribution in [0.25, 0.3) is 0 Å². The lowest BCUT2D eigenvalue weighted by Crippen LogP contribution is -2.61. The number of amides is 1. The average Bonchev–Trinajstić information content (AvgIpc) is 2.62. The number of nitrogens with one attached hydrogen (secondary N) is 1. The van der Waals surface area contributed by atoms with E-state index in [-0.39, 0.29) is 23.2 Å². The van der Waals surface area contributed by atoms with Crippen molar-refractivity contribution in [3.8, 4) is 0 Å². The fraction of sp³-hybridized carbons (Fsp3) is 0.929. The lowest BCUT2D eigenvalue weighted by molar-refractivity contribution is 0.0763. The molecule has 2 rings (SSSR count). The second kappa shape index (κ2) is 5.31. The Bertz CT molecular complexity index is 381. The molecule has 6 heteroatoms. The quantitative estimate of drug-likeness (QED) is 0.786. The maximum atomic E-state index is 11.4. The molecule has 116 valence electrons. The van der Waals surface area contributed by atoms with E-state index in [0.29, 0.717) is 6.61 Å².